The van der Waals surface area contributed by atoms with E-state index in [1.165, 1.54) is 0 Å². The minimum atomic E-state index is -0.481. The van der Waals surface area contributed by atoms with E-state index in [0.29, 0.717) is 52.5 Å². The Hall–Kier alpha value is -4.25. The molecule has 0 radical (unpaired) electrons. The zero-order chi connectivity index (χ0) is 25.2. The van der Waals surface area contributed by atoms with Gasteiger partial charge in [-0.15, -0.1) is 0 Å². The number of carbonyl (C=O) groups excluding carboxylic acids is 1. The highest BCUT2D eigenvalue weighted by Crippen LogP contribution is 2.27. The molecular weight excluding hydrogens is 462 g/mol. The van der Waals surface area contributed by atoms with E-state index in [1.807, 2.05) is 42.1 Å². The number of nitrogens with one attached hydrogen (secondary N) is 1. The lowest BCUT2D eigenvalue weighted by molar-refractivity contribution is -0.127. The van der Waals surface area contributed by atoms with Gasteiger partial charge in [-0.3, -0.25) is 14.5 Å². The van der Waals surface area contributed by atoms with E-state index in [0.717, 1.165) is 5.56 Å². The number of amides is 1. The number of ether oxygens (including phenoxy) is 3. The molecule has 4 aromatic rings. The van der Waals surface area contributed by atoms with Crippen LogP contribution in [0.25, 0.3) is 22.4 Å². The van der Waals surface area contributed by atoms with Crippen molar-refractivity contribution in [3.05, 3.63) is 54.4 Å². The maximum Gasteiger partial charge on any atom is 0.249 e. The quantitative estimate of drug-likeness (QED) is 0.422. The maximum absolute atomic E-state index is 12.3. The van der Waals surface area contributed by atoms with E-state index in [2.05, 4.69) is 15.4 Å². The number of aryl methyl sites for hydroxylation is 1. The number of benzene rings is 1. The van der Waals surface area contributed by atoms with Crippen LogP contribution in [0.5, 0.6) is 11.5 Å². The summed E-state index contributed by atoms with van der Waals surface area (Å²) >= 11 is 0. The molecule has 0 saturated carbocycles. The third-order valence-corrected chi connectivity index (χ3v) is 6.11. The highest BCUT2D eigenvalue weighted by Gasteiger charge is 2.32. The van der Waals surface area contributed by atoms with Crippen LogP contribution in [0.2, 0.25) is 0 Å². The molecule has 36 heavy (non-hydrogen) atoms. The second kappa shape index (κ2) is 9.78. The van der Waals surface area contributed by atoms with Crippen molar-refractivity contribution in [2.24, 2.45) is 12.0 Å². The lowest BCUT2D eigenvalue weighted by atomic mass is 10.2. The molecule has 1 aromatic carbocycles. The topological polar surface area (TPSA) is 118 Å². The molecule has 0 aliphatic carbocycles. The van der Waals surface area contributed by atoms with E-state index in [1.54, 1.807) is 44.5 Å². The number of pyridine rings is 1. The highest BCUT2D eigenvalue weighted by atomic mass is 16.5. The maximum atomic E-state index is 12.3. The van der Waals surface area contributed by atoms with Crippen molar-refractivity contribution in [2.75, 3.05) is 21.3 Å². The molecule has 0 spiro atoms. The molecule has 5 rings (SSSR count). The largest absolute Gasteiger partial charge is 0.497 e. The van der Waals surface area contributed by atoms with Crippen LogP contribution in [0.3, 0.4) is 0 Å². The van der Waals surface area contributed by atoms with Gasteiger partial charge in [0.2, 0.25) is 5.91 Å². The number of hydrogen-bond donors (Lipinski definition) is 1. The highest BCUT2D eigenvalue weighted by molar-refractivity contribution is 5.83. The van der Waals surface area contributed by atoms with Gasteiger partial charge in [0, 0.05) is 63.1 Å². The van der Waals surface area contributed by atoms with Gasteiger partial charge < -0.3 is 24.1 Å². The Morgan fingerprint density at radius 1 is 1.11 bits per heavy atom. The number of hydrogen-bond acceptors (Lipinski definition) is 8. The van der Waals surface area contributed by atoms with Crippen LogP contribution in [0.1, 0.15) is 6.42 Å². The van der Waals surface area contributed by atoms with Crippen molar-refractivity contribution in [3.8, 4) is 22.8 Å². The van der Waals surface area contributed by atoms with Crippen LogP contribution < -0.4 is 20.3 Å². The first kappa shape index (κ1) is 23.5. The molecule has 1 aliphatic rings. The summed E-state index contributed by atoms with van der Waals surface area (Å²) < 4.78 is 19.8. The molecule has 11 nitrogen and oxygen atoms in total. The second-order valence-electron chi connectivity index (χ2n) is 8.52. The molecule has 1 saturated heterocycles. The van der Waals surface area contributed by atoms with Gasteiger partial charge in [0.25, 0.3) is 0 Å². The molecular formula is C25H27N7O4. The fourth-order valence-corrected chi connectivity index (χ4v) is 4.28. The average Bonchev–Trinajstić information content (AvgIpc) is 3.49. The molecule has 0 bridgehead atoms. The van der Waals surface area contributed by atoms with Gasteiger partial charge in [-0.2, -0.15) is 5.10 Å². The van der Waals surface area contributed by atoms with Gasteiger partial charge in [0.15, 0.2) is 5.65 Å². The van der Waals surface area contributed by atoms with Crippen LogP contribution in [-0.4, -0.2) is 63.7 Å². The van der Waals surface area contributed by atoms with Crippen molar-refractivity contribution in [2.45, 2.75) is 25.1 Å². The van der Waals surface area contributed by atoms with Crippen molar-refractivity contribution < 1.29 is 19.0 Å². The van der Waals surface area contributed by atoms with Gasteiger partial charge in [-0.05, 0) is 12.1 Å². The van der Waals surface area contributed by atoms with Crippen LogP contribution in [0.4, 0.5) is 5.69 Å². The summed E-state index contributed by atoms with van der Waals surface area (Å²) in [6.45, 7) is 0.439. The zero-order valence-corrected chi connectivity index (χ0v) is 20.5. The Bertz CT molecular complexity index is 1470. The van der Waals surface area contributed by atoms with E-state index in [-0.39, 0.29) is 11.9 Å². The number of rotatable bonds is 7. The molecule has 1 aliphatic heterocycles. The third kappa shape index (κ3) is 4.65. The molecule has 2 atom stereocenters. The number of carbonyl (C=O) groups is 1. The molecule has 1 N–H and O–H groups in total. The first-order chi connectivity index (χ1) is 17.5. The molecule has 1 amide bonds. The minimum absolute atomic E-state index is 0.124. The summed E-state index contributed by atoms with van der Waals surface area (Å²) in [5, 5.41) is 7.27. The average molecular weight is 490 g/mol. The van der Waals surface area contributed by atoms with Crippen LogP contribution in [0, 0.1) is 0 Å². The zero-order valence-electron chi connectivity index (χ0n) is 20.5. The van der Waals surface area contributed by atoms with Crippen molar-refractivity contribution >= 4 is 22.8 Å². The van der Waals surface area contributed by atoms with Crippen LogP contribution >= 0.6 is 0 Å². The van der Waals surface area contributed by atoms with Gasteiger partial charge in [-0.25, -0.2) is 9.98 Å². The number of nitrogens with zero attached hydrogens (tertiary/aromatic N) is 6. The Kier molecular flexibility index (Phi) is 6.38. The molecule has 3 aromatic heterocycles. The lowest BCUT2D eigenvalue weighted by Crippen LogP contribution is -2.34. The van der Waals surface area contributed by atoms with Gasteiger partial charge in [-0.1, -0.05) is 0 Å². The van der Waals surface area contributed by atoms with Crippen molar-refractivity contribution in [1.29, 1.82) is 0 Å². The molecule has 1 fully saturated rings. The van der Waals surface area contributed by atoms with Crippen molar-refractivity contribution in [1.82, 2.24) is 29.6 Å². The number of aromatic nitrogens is 5. The van der Waals surface area contributed by atoms with E-state index < -0.39 is 6.10 Å². The molecule has 11 heteroatoms. The Morgan fingerprint density at radius 3 is 2.53 bits per heavy atom. The van der Waals surface area contributed by atoms with Crippen LogP contribution in [-0.2, 0) is 23.1 Å². The lowest BCUT2D eigenvalue weighted by Gasteiger charge is -2.16. The van der Waals surface area contributed by atoms with Gasteiger partial charge in [0.05, 0.1) is 38.0 Å². The predicted molar refractivity (Wildman–Crippen MR) is 132 cm³/mol. The SMILES string of the molecule is COc1cc(N=c2ccc3ncc(-c4cnn(C)c4)nc3n2CC2CC(OC)C(=O)N2)cc(OC)c1. The molecule has 186 valence electrons. The fourth-order valence-electron chi connectivity index (χ4n) is 4.28. The van der Waals surface area contributed by atoms with Crippen LogP contribution in [0.15, 0.2) is 53.9 Å². The van der Waals surface area contributed by atoms with Crippen molar-refractivity contribution in [3.63, 3.8) is 0 Å². The Labute approximate surface area is 207 Å². The summed E-state index contributed by atoms with van der Waals surface area (Å²) in [7, 11) is 6.59. The summed E-state index contributed by atoms with van der Waals surface area (Å²) in [6, 6.07) is 9.05. The first-order valence-corrected chi connectivity index (χ1v) is 11.4. The summed E-state index contributed by atoms with van der Waals surface area (Å²) in [5.74, 6) is 1.14. The minimum Gasteiger partial charge on any atom is -0.497 e. The summed E-state index contributed by atoms with van der Waals surface area (Å²) in [6.07, 6.45) is 5.42. The predicted octanol–water partition coefficient (Wildman–Crippen LogP) is 1.98. The van der Waals surface area contributed by atoms with E-state index >= 15 is 0 Å². The van der Waals surface area contributed by atoms with E-state index in [4.69, 9.17) is 24.2 Å². The van der Waals surface area contributed by atoms with Gasteiger partial charge >= 0.3 is 0 Å². The standard InChI is InChI=1S/C25H27N7O4/c1-31-13-15(11-27-31)21-12-26-20-5-6-23(28-16-7-18(34-2)10-19(8-16)35-3)32(24(20)30-21)14-17-9-22(36-4)25(33)29-17/h5-8,10-13,17,22H,9,14H2,1-4H3,(H,29,33). The summed E-state index contributed by atoms with van der Waals surface area (Å²) in [4.78, 5) is 26.7. The molecule has 2 unspecified atom stereocenters. The number of methoxy groups -OCH3 is 3. The van der Waals surface area contributed by atoms with Gasteiger partial charge in [0.1, 0.15) is 28.6 Å². The smallest absolute Gasteiger partial charge is 0.249 e. The monoisotopic (exact) mass is 489 g/mol. The first-order valence-electron chi connectivity index (χ1n) is 11.4. The normalized spacial score (nSPS) is 18.0. The second-order valence-corrected chi connectivity index (χ2v) is 8.52. The fraction of sp³-hybridized carbons (Fsp3) is 0.320. The number of fused-ring (bicyclic) bond motifs is 1. The third-order valence-electron chi connectivity index (χ3n) is 6.11. The summed E-state index contributed by atoms with van der Waals surface area (Å²) in [5.41, 5.74) is 4.19. The Balaban J connectivity index is 1.67. The molecule has 4 heterocycles. The van der Waals surface area contributed by atoms with E-state index in [9.17, 15) is 4.79 Å². The Morgan fingerprint density at radius 2 is 1.89 bits per heavy atom.